The Balaban J connectivity index is 2.07. The van der Waals surface area contributed by atoms with Crippen molar-refractivity contribution in [2.24, 2.45) is 0 Å². The standard InChI is InChI=1S/C9H14O3/c10-9(11)6-2-1-4-8-5-3-7-12-8/h4H,1-3,5-7H2,(H,10,11). The minimum atomic E-state index is -0.722. The summed E-state index contributed by atoms with van der Waals surface area (Å²) in [5.74, 6) is 0.320. The first kappa shape index (κ1) is 9.10. The van der Waals surface area contributed by atoms with Crippen LogP contribution >= 0.6 is 0 Å². The molecule has 0 unspecified atom stereocenters. The van der Waals surface area contributed by atoms with Crippen LogP contribution in [0.5, 0.6) is 0 Å². The van der Waals surface area contributed by atoms with Crippen molar-refractivity contribution in [3.05, 3.63) is 11.8 Å². The normalized spacial score (nSPS) is 19.5. The Labute approximate surface area is 72.0 Å². The van der Waals surface area contributed by atoms with Crippen molar-refractivity contribution in [2.75, 3.05) is 6.61 Å². The van der Waals surface area contributed by atoms with Crippen molar-refractivity contribution >= 4 is 5.97 Å². The fourth-order valence-electron chi connectivity index (χ4n) is 1.20. The van der Waals surface area contributed by atoms with Gasteiger partial charge in [0.25, 0.3) is 0 Å². The highest BCUT2D eigenvalue weighted by Gasteiger charge is 2.05. The highest BCUT2D eigenvalue weighted by atomic mass is 16.5. The van der Waals surface area contributed by atoms with Crippen LogP contribution in [-0.2, 0) is 9.53 Å². The Bertz CT molecular complexity index is 176. The molecule has 1 aliphatic heterocycles. The van der Waals surface area contributed by atoms with E-state index in [1.807, 2.05) is 6.08 Å². The second kappa shape index (κ2) is 4.80. The lowest BCUT2D eigenvalue weighted by Gasteiger charge is -1.96. The molecule has 1 N–H and O–H groups in total. The molecule has 68 valence electrons. The molecule has 0 saturated carbocycles. The zero-order chi connectivity index (χ0) is 8.81. The summed E-state index contributed by atoms with van der Waals surface area (Å²) >= 11 is 0. The molecule has 12 heavy (non-hydrogen) atoms. The number of carboxylic acids is 1. The molecule has 1 heterocycles. The van der Waals surface area contributed by atoms with Gasteiger partial charge in [0.15, 0.2) is 0 Å². The predicted molar refractivity (Wildman–Crippen MR) is 44.8 cm³/mol. The fourth-order valence-corrected chi connectivity index (χ4v) is 1.20. The average Bonchev–Trinajstić information content (AvgIpc) is 2.49. The van der Waals surface area contributed by atoms with Gasteiger partial charge in [-0.3, -0.25) is 4.79 Å². The third-order valence-corrected chi connectivity index (χ3v) is 1.82. The highest BCUT2D eigenvalue weighted by molar-refractivity contribution is 5.66. The van der Waals surface area contributed by atoms with E-state index in [0.717, 1.165) is 31.6 Å². The van der Waals surface area contributed by atoms with Crippen molar-refractivity contribution in [3.8, 4) is 0 Å². The lowest BCUT2D eigenvalue weighted by atomic mass is 10.2. The summed E-state index contributed by atoms with van der Waals surface area (Å²) in [6.45, 7) is 0.824. The molecule has 3 heteroatoms. The zero-order valence-electron chi connectivity index (χ0n) is 7.08. The topological polar surface area (TPSA) is 46.5 Å². The first-order valence-corrected chi connectivity index (χ1v) is 4.32. The second-order valence-corrected chi connectivity index (χ2v) is 2.91. The van der Waals surface area contributed by atoms with Gasteiger partial charge in [-0.25, -0.2) is 0 Å². The zero-order valence-corrected chi connectivity index (χ0v) is 7.08. The molecule has 0 amide bonds. The third-order valence-electron chi connectivity index (χ3n) is 1.82. The maximum Gasteiger partial charge on any atom is 0.303 e. The fraction of sp³-hybridized carbons (Fsp3) is 0.667. The minimum Gasteiger partial charge on any atom is -0.498 e. The summed E-state index contributed by atoms with van der Waals surface area (Å²) < 4.78 is 5.27. The van der Waals surface area contributed by atoms with Crippen LogP contribution in [0.15, 0.2) is 11.8 Å². The Kier molecular flexibility index (Phi) is 3.64. The van der Waals surface area contributed by atoms with Gasteiger partial charge in [0.05, 0.1) is 12.4 Å². The van der Waals surface area contributed by atoms with E-state index in [1.165, 1.54) is 0 Å². The van der Waals surface area contributed by atoms with Crippen LogP contribution in [0.4, 0.5) is 0 Å². The summed E-state index contributed by atoms with van der Waals surface area (Å²) in [4.78, 5) is 10.1. The molecular weight excluding hydrogens is 156 g/mol. The van der Waals surface area contributed by atoms with E-state index in [-0.39, 0.29) is 6.42 Å². The number of carbonyl (C=O) groups is 1. The van der Waals surface area contributed by atoms with Gasteiger partial charge in [-0.2, -0.15) is 0 Å². The van der Waals surface area contributed by atoms with E-state index >= 15 is 0 Å². The van der Waals surface area contributed by atoms with Crippen molar-refractivity contribution in [1.82, 2.24) is 0 Å². The number of hydrogen-bond acceptors (Lipinski definition) is 2. The molecule has 0 atom stereocenters. The number of aliphatic carboxylic acids is 1. The van der Waals surface area contributed by atoms with E-state index < -0.39 is 5.97 Å². The molecule has 0 radical (unpaired) electrons. The largest absolute Gasteiger partial charge is 0.498 e. The number of carboxylic acid groups (broad SMARTS) is 1. The molecule has 1 rings (SSSR count). The van der Waals surface area contributed by atoms with Gasteiger partial charge in [0, 0.05) is 12.8 Å². The average molecular weight is 170 g/mol. The molecule has 3 nitrogen and oxygen atoms in total. The molecule has 0 aliphatic carbocycles. The SMILES string of the molecule is O=C(O)CCCC=C1CCCO1. The smallest absolute Gasteiger partial charge is 0.303 e. The van der Waals surface area contributed by atoms with Crippen LogP contribution in [0.1, 0.15) is 32.1 Å². The van der Waals surface area contributed by atoms with Gasteiger partial charge in [-0.1, -0.05) is 0 Å². The van der Waals surface area contributed by atoms with Gasteiger partial charge in [0.2, 0.25) is 0 Å². The molecule has 0 aromatic carbocycles. The molecule has 0 bridgehead atoms. The second-order valence-electron chi connectivity index (χ2n) is 2.91. The monoisotopic (exact) mass is 170 g/mol. The van der Waals surface area contributed by atoms with Crippen LogP contribution in [0.3, 0.4) is 0 Å². The van der Waals surface area contributed by atoms with Crippen molar-refractivity contribution < 1.29 is 14.6 Å². The quantitative estimate of drug-likeness (QED) is 0.656. The summed E-state index contributed by atoms with van der Waals surface area (Å²) in [5, 5.41) is 8.35. The number of ether oxygens (including phenoxy) is 1. The van der Waals surface area contributed by atoms with E-state index in [2.05, 4.69) is 0 Å². The molecule has 0 aromatic heterocycles. The Morgan fingerprint density at radius 2 is 2.50 bits per heavy atom. The molecular formula is C9H14O3. The van der Waals surface area contributed by atoms with Gasteiger partial charge in [0.1, 0.15) is 0 Å². The summed E-state index contributed by atoms with van der Waals surface area (Å²) in [6.07, 6.45) is 5.92. The molecule has 1 saturated heterocycles. The minimum absolute atomic E-state index is 0.254. The Morgan fingerprint density at radius 1 is 1.67 bits per heavy atom. The lowest BCUT2D eigenvalue weighted by molar-refractivity contribution is -0.137. The van der Waals surface area contributed by atoms with Crippen LogP contribution in [0, 0.1) is 0 Å². The summed E-state index contributed by atoms with van der Waals surface area (Å²) in [7, 11) is 0. The van der Waals surface area contributed by atoms with E-state index in [9.17, 15) is 4.79 Å². The van der Waals surface area contributed by atoms with Gasteiger partial charge in [-0.15, -0.1) is 0 Å². The van der Waals surface area contributed by atoms with E-state index in [4.69, 9.17) is 9.84 Å². The number of hydrogen-bond donors (Lipinski definition) is 1. The van der Waals surface area contributed by atoms with Crippen LogP contribution in [-0.4, -0.2) is 17.7 Å². The van der Waals surface area contributed by atoms with Gasteiger partial charge < -0.3 is 9.84 Å². The van der Waals surface area contributed by atoms with Crippen LogP contribution in [0.25, 0.3) is 0 Å². The van der Waals surface area contributed by atoms with Crippen molar-refractivity contribution in [3.63, 3.8) is 0 Å². The van der Waals surface area contributed by atoms with E-state index in [0.29, 0.717) is 6.42 Å². The van der Waals surface area contributed by atoms with Crippen molar-refractivity contribution in [2.45, 2.75) is 32.1 Å². The highest BCUT2D eigenvalue weighted by Crippen LogP contribution is 2.16. The maximum atomic E-state index is 10.1. The van der Waals surface area contributed by atoms with Crippen LogP contribution in [0.2, 0.25) is 0 Å². The molecule has 0 spiro atoms. The number of allylic oxidation sites excluding steroid dienone is 2. The molecule has 1 fully saturated rings. The first-order valence-electron chi connectivity index (χ1n) is 4.32. The maximum absolute atomic E-state index is 10.1. The summed E-state index contributed by atoms with van der Waals surface area (Å²) in [5.41, 5.74) is 0. The predicted octanol–water partition coefficient (Wildman–Crippen LogP) is 1.94. The van der Waals surface area contributed by atoms with Gasteiger partial charge in [-0.05, 0) is 25.3 Å². The Hall–Kier alpha value is -0.990. The Morgan fingerprint density at radius 3 is 3.08 bits per heavy atom. The number of unbranched alkanes of at least 4 members (excludes halogenated alkanes) is 1. The van der Waals surface area contributed by atoms with Crippen molar-refractivity contribution in [1.29, 1.82) is 0 Å². The third kappa shape index (κ3) is 3.42. The number of rotatable bonds is 4. The molecule has 0 aromatic rings. The lowest BCUT2D eigenvalue weighted by Crippen LogP contribution is -1.92. The molecule has 1 aliphatic rings. The summed E-state index contributed by atoms with van der Waals surface area (Å²) in [6, 6.07) is 0. The van der Waals surface area contributed by atoms with Crippen LogP contribution < -0.4 is 0 Å². The first-order chi connectivity index (χ1) is 5.79. The van der Waals surface area contributed by atoms with E-state index in [1.54, 1.807) is 0 Å². The van der Waals surface area contributed by atoms with Gasteiger partial charge >= 0.3 is 5.97 Å².